The van der Waals surface area contributed by atoms with Gasteiger partial charge in [-0.25, -0.2) is 9.78 Å². The van der Waals surface area contributed by atoms with Gasteiger partial charge in [-0.1, -0.05) is 30.3 Å². The molecule has 0 spiro atoms. The molecule has 2 aromatic carbocycles. The molecule has 0 aliphatic carbocycles. The lowest BCUT2D eigenvalue weighted by Crippen LogP contribution is -2.18. The van der Waals surface area contributed by atoms with Gasteiger partial charge in [0.1, 0.15) is 30.3 Å². The van der Waals surface area contributed by atoms with Crippen molar-refractivity contribution in [2.24, 2.45) is 0 Å². The first-order valence-electron chi connectivity index (χ1n) is 11.6. The van der Waals surface area contributed by atoms with Crippen LogP contribution in [0.4, 0.5) is 5.82 Å². The summed E-state index contributed by atoms with van der Waals surface area (Å²) in [4.78, 5) is 29.1. The Morgan fingerprint density at radius 3 is 2.59 bits per heavy atom. The number of hydrogen-bond acceptors (Lipinski definition) is 8. The molecule has 0 saturated heterocycles. The minimum absolute atomic E-state index is 0.0308. The number of benzene rings is 2. The van der Waals surface area contributed by atoms with Gasteiger partial charge >= 0.3 is 11.9 Å². The highest BCUT2D eigenvalue weighted by Gasteiger charge is 2.19. The molecule has 2 aromatic heterocycles. The van der Waals surface area contributed by atoms with Gasteiger partial charge in [-0.2, -0.15) is 0 Å². The molecule has 1 N–H and O–H groups in total. The summed E-state index contributed by atoms with van der Waals surface area (Å²) in [5.41, 5.74) is 2.92. The van der Waals surface area contributed by atoms with Crippen molar-refractivity contribution < 1.29 is 28.5 Å². The molecule has 2 heterocycles. The van der Waals surface area contributed by atoms with E-state index in [0.717, 1.165) is 10.0 Å². The Hall–Kier alpha value is -3.89. The molecule has 0 bridgehead atoms. The SMILES string of the molecule is CCOC(=O)CNc1c(-c2ccc(OC(=O)COCc3ccccc3)c(OC)c2)nc2ccc(Br)cn12. The average Bonchev–Trinajstić information content (AvgIpc) is 3.26. The Morgan fingerprint density at radius 1 is 1.03 bits per heavy atom. The zero-order valence-corrected chi connectivity index (χ0v) is 22.0. The standard InChI is InChI=1S/C27H26BrN3O6/c1-3-36-24(32)14-29-27-26(30-23-12-10-20(28)15-31(23)27)19-9-11-21(22(13-19)34-2)37-25(33)17-35-16-18-7-5-4-6-8-18/h4-13,15,29H,3,14,16-17H2,1-2H3. The highest BCUT2D eigenvalue weighted by atomic mass is 79.9. The molecule has 0 aliphatic rings. The van der Waals surface area contributed by atoms with Crippen molar-refractivity contribution in [1.29, 1.82) is 0 Å². The van der Waals surface area contributed by atoms with Crippen LogP contribution in [0.2, 0.25) is 0 Å². The Kier molecular flexibility index (Phi) is 8.76. The summed E-state index contributed by atoms with van der Waals surface area (Å²) >= 11 is 3.48. The van der Waals surface area contributed by atoms with E-state index in [1.54, 1.807) is 25.1 Å². The van der Waals surface area contributed by atoms with Gasteiger partial charge in [-0.3, -0.25) is 9.20 Å². The third kappa shape index (κ3) is 6.66. The molecule has 10 heteroatoms. The lowest BCUT2D eigenvalue weighted by Gasteiger charge is -2.12. The number of imidazole rings is 1. The van der Waals surface area contributed by atoms with Crippen molar-refractivity contribution in [3.05, 3.63) is 76.9 Å². The van der Waals surface area contributed by atoms with E-state index in [1.807, 2.05) is 53.1 Å². The Morgan fingerprint density at radius 2 is 1.84 bits per heavy atom. The summed E-state index contributed by atoms with van der Waals surface area (Å²) in [5.74, 6) is 0.283. The van der Waals surface area contributed by atoms with Gasteiger partial charge in [0, 0.05) is 16.2 Å². The molecule has 192 valence electrons. The van der Waals surface area contributed by atoms with Crippen LogP contribution in [0.5, 0.6) is 11.5 Å². The molecule has 9 nitrogen and oxygen atoms in total. The number of hydrogen-bond donors (Lipinski definition) is 1. The predicted molar refractivity (Wildman–Crippen MR) is 142 cm³/mol. The van der Waals surface area contributed by atoms with E-state index < -0.39 is 5.97 Å². The maximum Gasteiger partial charge on any atom is 0.337 e. The fraction of sp³-hybridized carbons (Fsp3) is 0.222. The first kappa shape index (κ1) is 26.2. The second kappa shape index (κ2) is 12.4. The summed E-state index contributed by atoms with van der Waals surface area (Å²) in [6.07, 6.45) is 1.85. The average molecular weight is 568 g/mol. The number of carbonyl (C=O) groups excluding carboxylic acids is 2. The molecule has 0 atom stereocenters. The van der Waals surface area contributed by atoms with E-state index in [9.17, 15) is 9.59 Å². The van der Waals surface area contributed by atoms with Gasteiger partial charge in [0.25, 0.3) is 0 Å². The molecule has 0 amide bonds. The number of esters is 2. The number of carbonyl (C=O) groups is 2. The van der Waals surface area contributed by atoms with Gasteiger partial charge in [-0.05, 0) is 58.7 Å². The molecule has 37 heavy (non-hydrogen) atoms. The van der Waals surface area contributed by atoms with E-state index in [-0.39, 0.29) is 24.9 Å². The minimum Gasteiger partial charge on any atom is -0.493 e. The zero-order chi connectivity index (χ0) is 26.2. The number of aromatic nitrogens is 2. The molecular formula is C27H26BrN3O6. The van der Waals surface area contributed by atoms with Crippen LogP contribution in [0.25, 0.3) is 16.9 Å². The van der Waals surface area contributed by atoms with E-state index in [4.69, 9.17) is 23.9 Å². The molecule has 4 aromatic rings. The number of fused-ring (bicyclic) bond motifs is 1. The van der Waals surface area contributed by atoms with Crippen LogP contribution in [0, 0.1) is 0 Å². The van der Waals surface area contributed by atoms with Gasteiger partial charge in [0.2, 0.25) is 0 Å². The lowest BCUT2D eigenvalue weighted by atomic mass is 10.1. The van der Waals surface area contributed by atoms with E-state index >= 15 is 0 Å². The predicted octanol–water partition coefficient (Wildman–Crippen LogP) is 4.87. The molecular weight excluding hydrogens is 542 g/mol. The number of ether oxygens (including phenoxy) is 4. The highest BCUT2D eigenvalue weighted by Crippen LogP contribution is 2.36. The number of methoxy groups -OCH3 is 1. The largest absolute Gasteiger partial charge is 0.493 e. The van der Waals surface area contributed by atoms with Crippen LogP contribution in [-0.2, 0) is 25.7 Å². The third-order valence-corrected chi connectivity index (χ3v) is 5.75. The molecule has 0 aliphatic heterocycles. The van der Waals surface area contributed by atoms with Crippen LogP contribution in [0.1, 0.15) is 12.5 Å². The summed E-state index contributed by atoms with van der Waals surface area (Å²) < 4.78 is 24.2. The Balaban J connectivity index is 1.53. The number of anilines is 1. The summed E-state index contributed by atoms with van der Waals surface area (Å²) in [7, 11) is 1.49. The Labute approximate surface area is 222 Å². The summed E-state index contributed by atoms with van der Waals surface area (Å²) in [6.45, 7) is 2.11. The Bertz CT molecular complexity index is 1390. The number of nitrogens with zero attached hydrogens (tertiary/aromatic N) is 2. The van der Waals surface area contributed by atoms with E-state index in [1.165, 1.54) is 7.11 Å². The van der Waals surface area contributed by atoms with E-state index in [2.05, 4.69) is 21.2 Å². The van der Waals surface area contributed by atoms with Crippen LogP contribution >= 0.6 is 15.9 Å². The van der Waals surface area contributed by atoms with Crippen LogP contribution in [0.15, 0.2) is 71.3 Å². The van der Waals surface area contributed by atoms with Gasteiger partial charge < -0.3 is 24.3 Å². The second-order valence-electron chi connectivity index (χ2n) is 7.86. The van der Waals surface area contributed by atoms with Crippen LogP contribution in [0.3, 0.4) is 0 Å². The van der Waals surface area contributed by atoms with Gasteiger partial charge in [0.15, 0.2) is 11.5 Å². The molecule has 0 unspecified atom stereocenters. The van der Waals surface area contributed by atoms with Gasteiger partial charge in [-0.15, -0.1) is 0 Å². The third-order valence-electron chi connectivity index (χ3n) is 5.28. The fourth-order valence-electron chi connectivity index (χ4n) is 3.63. The second-order valence-corrected chi connectivity index (χ2v) is 8.78. The lowest BCUT2D eigenvalue weighted by molar-refractivity contribution is -0.141. The van der Waals surface area contributed by atoms with Crippen molar-refractivity contribution in [3.8, 4) is 22.8 Å². The van der Waals surface area contributed by atoms with Crippen molar-refractivity contribution in [1.82, 2.24) is 9.38 Å². The quantitative estimate of drug-likeness (QED) is 0.202. The topological polar surface area (TPSA) is 100 Å². The van der Waals surface area contributed by atoms with E-state index in [0.29, 0.717) is 41.7 Å². The monoisotopic (exact) mass is 567 g/mol. The number of halogens is 1. The van der Waals surface area contributed by atoms with Crippen molar-refractivity contribution >= 4 is 39.3 Å². The normalized spacial score (nSPS) is 10.8. The smallest absolute Gasteiger partial charge is 0.337 e. The molecule has 4 rings (SSSR count). The number of pyridine rings is 1. The van der Waals surface area contributed by atoms with Crippen LogP contribution < -0.4 is 14.8 Å². The van der Waals surface area contributed by atoms with Crippen molar-refractivity contribution in [2.45, 2.75) is 13.5 Å². The maximum absolute atomic E-state index is 12.4. The summed E-state index contributed by atoms with van der Waals surface area (Å²) in [6, 6.07) is 18.4. The van der Waals surface area contributed by atoms with Crippen molar-refractivity contribution in [3.63, 3.8) is 0 Å². The van der Waals surface area contributed by atoms with Gasteiger partial charge in [0.05, 0.1) is 20.3 Å². The maximum atomic E-state index is 12.4. The van der Waals surface area contributed by atoms with Crippen LogP contribution in [-0.4, -0.2) is 48.2 Å². The first-order valence-corrected chi connectivity index (χ1v) is 12.4. The zero-order valence-electron chi connectivity index (χ0n) is 20.4. The summed E-state index contributed by atoms with van der Waals surface area (Å²) in [5, 5.41) is 3.13. The molecule has 0 saturated carbocycles. The fourth-order valence-corrected chi connectivity index (χ4v) is 3.97. The minimum atomic E-state index is -0.545. The highest BCUT2D eigenvalue weighted by molar-refractivity contribution is 9.10. The molecule has 0 radical (unpaired) electrons. The first-order chi connectivity index (χ1) is 18.0. The van der Waals surface area contributed by atoms with Crippen molar-refractivity contribution in [2.75, 3.05) is 32.2 Å². The molecule has 0 fully saturated rings. The number of nitrogens with one attached hydrogen (secondary N) is 1. The number of rotatable bonds is 11.